The Kier molecular flexibility index (Phi) is 5.00. The number of imidazole rings is 1. The Morgan fingerprint density at radius 1 is 1.06 bits per heavy atom. The van der Waals surface area contributed by atoms with Gasteiger partial charge in [-0.1, -0.05) is 36.7 Å². The minimum Gasteiger partial charge on any atom is -0.486 e. The lowest BCUT2D eigenvalue weighted by Crippen LogP contribution is -2.38. The average molecular weight is 435 g/mol. The van der Waals surface area contributed by atoms with Gasteiger partial charge in [0.05, 0.1) is 40.8 Å². The predicted molar refractivity (Wildman–Crippen MR) is 124 cm³/mol. The van der Waals surface area contributed by atoms with Crippen molar-refractivity contribution in [2.24, 2.45) is 0 Å². The summed E-state index contributed by atoms with van der Waals surface area (Å²) in [5.74, 6) is 0.857. The number of ether oxygens (including phenoxy) is 2. The highest BCUT2D eigenvalue weighted by Gasteiger charge is 2.20. The molecule has 1 N–H and O–H groups in total. The number of rotatable bonds is 6. The van der Waals surface area contributed by atoms with Crippen LogP contribution < -0.4 is 10.1 Å². The second-order valence-corrected chi connectivity index (χ2v) is 9.63. The Labute approximate surface area is 185 Å². The molecule has 0 amide bonds. The maximum absolute atomic E-state index is 5.91. The van der Waals surface area contributed by atoms with Crippen LogP contribution >= 0.6 is 11.3 Å². The van der Waals surface area contributed by atoms with Gasteiger partial charge in [0.25, 0.3) is 0 Å². The van der Waals surface area contributed by atoms with Crippen molar-refractivity contribution >= 4 is 37.7 Å². The summed E-state index contributed by atoms with van der Waals surface area (Å²) in [4.78, 5) is 9.40. The Morgan fingerprint density at radius 3 is 2.81 bits per heavy atom. The minimum atomic E-state index is 0.170. The number of anilines is 1. The van der Waals surface area contributed by atoms with Crippen LogP contribution in [0.2, 0.25) is 0 Å². The van der Waals surface area contributed by atoms with Gasteiger partial charge in [0, 0.05) is 18.7 Å². The number of nitrogens with zero attached hydrogens (tertiary/aromatic N) is 3. The maximum atomic E-state index is 5.91. The molecule has 7 heteroatoms. The molecule has 0 spiro atoms. The lowest BCUT2D eigenvalue weighted by molar-refractivity contribution is -0.0796. The van der Waals surface area contributed by atoms with Gasteiger partial charge >= 0.3 is 0 Å². The molecule has 2 aromatic heterocycles. The van der Waals surface area contributed by atoms with E-state index in [1.165, 1.54) is 42.4 Å². The van der Waals surface area contributed by atoms with Crippen molar-refractivity contribution in [3.05, 3.63) is 48.3 Å². The summed E-state index contributed by atoms with van der Waals surface area (Å²) in [5.41, 5.74) is 4.40. The normalized spacial score (nSPS) is 17.8. The van der Waals surface area contributed by atoms with Crippen LogP contribution in [0.4, 0.5) is 5.13 Å². The predicted octanol–water partition coefficient (Wildman–Crippen LogP) is 5.22. The van der Waals surface area contributed by atoms with E-state index < -0.39 is 0 Å². The highest BCUT2D eigenvalue weighted by molar-refractivity contribution is 7.22. The van der Waals surface area contributed by atoms with Crippen molar-refractivity contribution in [2.45, 2.75) is 50.8 Å². The van der Waals surface area contributed by atoms with E-state index in [0.717, 1.165) is 34.0 Å². The van der Waals surface area contributed by atoms with E-state index in [9.17, 15) is 0 Å². The monoisotopic (exact) mass is 434 g/mol. The first kappa shape index (κ1) is 19.1. The van der Waals surface area contributed by atoms with Gasteiger partial charge in [-0.3, -0.25) is 0 Å². The van der Waals surface area contributed by atoms with Crippen LogP contribution in [0.5, 0.6) is 5.75 Å². The van der Waals surface area contributed by atoms with Crippen LogP contribution in [-0.2, 0) is 11.3 Å². The van der Waals surface area contributed by atoms with Gasteiger partial charge < -0.3 is 19.4 Å². The topological polar surface area (TPSA) is 61.2 Å². The molecule has 0 atom stereocenters. The quantitative estimate of drug-likeness (QED) is 0.451. The van der Waals surface area contributed by atoms with E-state index in [1.54, 1.807) is 11.3 Å². The van der Waals surface area contributed by atoms with Gasteiger partial charge in [-0.25, -0.2) is 9.97 Å². The third-order valence-corrected chi connectivity index (χ3v) is 7.19. The molecule has 6 nitrogen and oxygen atoms in total. The van der Waals surface area contributed by atoms with Crippen molar-refractivity contribution in [2.75, 3.05) is 18.5 Å². The fraction of sp³-hybridized carbons (Fsp3) is 0.417. The molecule has 3 heterocycles. The average Bonchev–Trinajstić information content (AvgIpc) is 3.34. The Balaban J connectivity index is 1.19. The highest BCUT2D eigenvalue weighted by Crippen LogP contribution is 2.30. The van der Waals surface area contributed by atoms with Crippen molar-refractivity contribution in [3.8, 4) is 5.75 Å². The third-order valence-electron chi connectivity index (χ3n) is 6.24. The van der Waals surface area contributed by atoms with E-state index in [0.29, 0.717) is 19.3 Å². The summed E-state index contributed by atoms with van der Waals surface area (Å²) >= 11 is 1.76. The first-order valence-corrected chi connectivity index (χ1v) is 12.0. The molecule has 31 heavy (non-hydrogen) atoms. The summed E-state index contributed by atoms with van der Waals surface area (Å²) in [6.07, 6.45) is 8.62. The molecule has 1 saturated heterocycles. The van der Waals surface area contributed by atoms with Gasteiger partial charge in [0.15, 0.2) is 5.13 Å². The molecular weight excluding hydrogens is 408 g/mol. The lowest BCUT2D eigenvalue weighted by Gasteiger charge is -2.26. The van der Waals surface area contributed by atoms with Crippen LogP contribution in [0.15, 0.2) is 42.7 Å². The molecule has 2 aromatic carbocycles. The molecule has 2 fully saturated rings. The number of fused-ring (bicyclic) bond motifs is 2. The molecule has 1 aliphatic carbocycles. The van der Waals surface area contributed by atoms with Gasteiger partial charge in [-0.05, 0) is 42.7 Å². The second kappa shape index (κ2) is 8.13. The van der Waals surface area contributed by atoms with Crippen LogP contribution in [0.25, 0.3) is 21.3 Å². The number of hydrogen-bond acceptors (Lipinski definition) is 6. The number of benzene rings is 2. The molecule has 1 aliphatic heterocycles. The first-order valence-electron chi connectivity index (χ1n) is 11.2. The fourth-order valence-corrected chi connectivity index (χ4v) is 5.47. The van der Waals surface area contributed by atoms with E-state index in [1.807, 2.05) is 18.5 Å². The van der Waals surface area contributed by atoms with Crippen LogP contribution in [0.1, 0.15) is 37.7 Å². The molecule has 0 unspecified atom stereocenters. The summed E-state index contributed by atoms with van der Waals surface area (Å²) in [7, 11) is 0. The zero-order valence-electron chi connectivity index (χ0n) is 17.4. The Morgan fingerprint density at radius 2 is 1.97 bits per heavy atom. The number of aromatic nitrogens is 3. The molecular formula is C24H26N4O2S. The SMILES string of the molecule is c1cc2nc(NC3CCCCC3)sc2cc1Cn1cnc2cc(OC3COC3)ccc21. The summed E-state index contributed by atoms with van der Waals surface area (Å²) in [6.45, 7) is 2.13. The van der Waals surface area contributed by atoms with Crippen LogP contribution in [0, 0.1) is 0 Å². The second-order valence-electron chi connectivity index (χ2n) is 8.60. The number of thiazole rings is 1. The Bertz CT molecular complexity index is 1210. The summed E-state index contributed by atoms with van der Waals surface area (Å²) in [5, 5.41) is 4.71. The van der Waals surface area contributed by atoms with E-state index >= 15 is 0 Å². The van der Waals surface area contributed by atoms with Gasteiger partial charge in [0.2, 0.25) is 0 Å². The smallest absolute Gasteiger partial charge is 0.184 e. The summed E-state index contributed by atoms with van der Waals surface area (Å²) in [6, 6.07) is 13.3. The third kappa shape index (κ3) is 4.00. The maximum Gasteiger partial charge on any atom is 0.184 e. The summed E-state index contributed by atoms with van der Waals surface area (Å²) < 4.78 is 14.5. The standard InChI is InChI=1S/C24H26N4O2S/c1-2-4-17(5-3-1)26-24-27-20-8-6-16(10-23(20)31-24)12-28-15-25-21-11-18(7-9-22(21)28)30-19-13-29-14-19/h6-11,15,17,19H,1-5,12-14H2,(H,26,27). The Hall–Kier alpha value is -2.64. The zero-order chi connectivity index (χ0) is 20.6. The van der Waals surface area contributed by atoms with Gasteiger partial charge in [-0.15, -0.1) is 0 Å². The van der Waals surface area contributed by atoms with Crippen LogP contribution in [0.3, 0.4) is 0 Å². The minimum absolute atomic E-state index is 0.170. The van der Waals surface area contributed by atoms with Crippen molar-refractivity contribution in [3.63, 3.8) is 0 Å². The van der Waals surface area contributed by atoms with E-state index in [2.05, 4.69) is 39.1 Å². The molecule has 2 aliphatic rings. The van der Waals surface area contributed by atoms with Gasteiger partial charge in [-0.2, -0.15) is 0 Å². The zero-order valence-corrected chi connectivity index (χ0v) is 18.2. The van der Waals surface area contributed by atoms with Crippen molar-refractivity contribution in [1.82, 2.24) is 14.5 Å². The van der Waals surface area contributed by atoms with E-state index in [4.69, 9.17) is 14.5 Å². The molecule has 160 valence electrons. The van der Waals surface area contributed by atoms with Crippen LogP contribution in [-0.4, -0.2) is 39.9 Å². The lowest BCUT2D eigenvalue weighted by atomic mass is 9.96. The number of nitrogens with one attached hydrogen (secondary N) is 1. The van der Waals surface area contributed by atoms with Crippen molar-refractivity contribution in [1.29, 1.82) is 0 Å². The molecule has 4 aromatic rings. The van der Waals surface area contributed by atoms with E-state index in [-0.39, 0.29) is 6.10 Å². The van der Waals surface area contributed by atoms with Gasteiger partial charge in [0.1, 0.15) is 11.9 Å². The fourth-order valence-electron chi connectivity index (χ4n) is 4.46. The largest absolute Gasteiger partial charge is 0.486 e. The first-order chi connectivity index (χ1) is 15.3. The molecule has 1 saturated carbocycles. The highest BCUT2D eigenvalue weighted by atomic mass is 32.1. The molecule has 0 bridgehead atoms. The molecule has 0 radical (unpaired) electrons. The number of hydrogen-bond donors (Lipinski definition) is 1. The van der Waals surface area contributed by atoms with Crippen molar-refractivity contribution < 1.29 is 9.47 Å². The molecule has 6 rings (SSSR count).